The summed E-state index contributed by atoms with van der Waals surface area (Å²) in [6.45, 7) is 16.4. The molecule has 16 heteroatoms. The minimum Gasteiger partial charge on any atom is -0.444 e. The molecule has 14 nitrogen and oxygen atoms in total. The third-order valence-electron chi connectivity index (χ3n) is 7.71. The Balaban J connectivity index is 0.000000201. The lowest BCUT2D eigenvalue weighted by Gasteiger charge is -2.25. The van der Waals surface area contributed by atoms with Gasteiger partial charge in [-0.3, -0.25) is 5.21 Å². The van der Waals surface area contributed by atoms with E-state index in [1.54, 1.807) is 16.0 Å². The molecule has 4 aromatic heterocycles. The van der Waals surface area contributed by atoms with Gasteiger partial charge in [0, 0.05) is 38.2 Å². The first kappa shape index (κ1) is 38.5. The molecule has 2 aromatic carbocycles. The van der Waals surface area contributed by atoms with Crippen LogP contribution in [0.5, 0.6) is 0 Å². The highest BCUT2D eigenvalue weighted by Gasteiger charge is 2.25. The number of carbonyl (C=O) groups is 2. The maximum Gasteiger partial charge on any atom is 0.410 e. The van der Waals surface area contributed by atoms with Crippen LogP contribution < -0.4 is 10.5 Å². The summed E-state index contributed by atoms with van der Waals surface area (Å²) in [7, 11) is 0. The van der Waals surface area contributed by atoms with Gasteiger partial charge < -0.3 is 35.0 Å². The fraction of sp³-hybridized carbons (Fsp3) is 0.389. The number of aromatic nitrogens is 6. The number of ether oxygens (including phenoxy) is 2. The van der Waals surface area contributed by atoms with Gasteiger partial charge >= 0.3 is 12.2 Å². The van der Waals surface area contributed by atoms with Gasteiger partial charge in [-0.1, -0.05) is 31.9 Å². The Morgan fingerprint density at radius 2 is 1.33 bits per heavy atom. The first-order valence-electron chi connectivity index (χ1n) is 16.8. The second-order valence-electron chi connectivity index (χ2n) is 14.1. The highest BCUT2D eigenvalue weighted by atomic mass is 79.9. The number of hydrogen-bond acceptors (Lipinski definition) is 9. The second kappa shape index (κ2) is 15.1. The molecule has 0 fully saturated rings. The lowest BCUT2D eigenvalue weighted by Crippen LogP contribution is -2.36. The molecule has 0 aliphatic carbocycles. The molecule has 6 rings (SSSR count). The Labute approximate surface area is 317 Å². The van der Waals surface area contributed by atoms with Crippen molar-refractivity contribution in [2.45, 2.75) is 79.7 Å². The van der Waals surface area contributed by atoms with Gasteiger partial charge in [0.15, 0.2) is 0 Å². The van der Waals surface area contributed by atoms with E-state index >= 15 is 0 Å². The van der Waals surface area contributed by atoms with Crippen LogP contribution in [0.4, 0.5) is 15.4 Å². The van der Waals surface area contributed by atoms with Crippen molar-refractivity contribution in [1.29, 1.82) is 0 Å². The Bertz CT molecular complexity index is 2270. The Morgan fingerprint density at radius 1 is 0.808 bits per heavy atom. The summed E-state index contributed by atoms with van der Waals surface area (Å²) in [5, 5.41) is 11.9. The molecular weight excluding hydrogens is 798 g/mol. The van der Waals surface area contributed by atoms with E-state index in [0.29, 0.717) is 60.2 Å². The van der Waals surface area contributed by atoms with Crippen molar-refractivity contribution < 1.29 is 29.0 Å². The molecule has 4 heterocycles. The van der Waals surface area contributed by atoms with E-state index in [-0.39, 0.29) is 12.2 Å². The molecule has 0 saturated carbocycles. The van der Waals surface area contributed by atoms with Crippen LogP contribution in [-0.4, -0.2) is 76.4 Å². The van der Waals surface area contributed by atoms with E-state index in [2.05, 4.69) is 56.8 Å². The van der Waals surface area contributed by atoms with Gasteiger partial charge in [0.05, 0.1) is 24.0 Å². The minimum absolute atomic E-state index is 0.295. The third-order valence-corrected chi connectivity index (χ3v) is 8.69. The van der Waals surface area contributed by atoms with Gasteiger partial charge in [0.2, 0.25) is 6.20 Å². The summed E-state index contributed by atoms with van der Waals surface area (Å²) < 4.78 is 13.7. The number of amides is 2. The van der Waals surface area contributed by atoms with E-state index in [1.165, 1.54) is 0 Å². The number of carbonyl (C=O) groups excluding carboxylic acids is 2. The number of fused-ring (bicyclic) bond motifs is 6. The van der Waals surface area contributed by atoms with Gasteiger partial charge in [-0.05, 0) is 85.7 Å². The summed E-state index contributed by atoms with van der Waals surface area (Å²) in [5.41, 5.74) is 9.26. The van der Waals surface area contributed by atoms with Crippen molar-refractivity contribution in [3.63, 3.8) is 0 Å². The van der Waals surface area contributed by atoms with Crippen LogP contribution in [0.25, 0.3) is 43.9 Å². The van der Waals surface area contributed by atoms with Gasteiger partial charge in [0.1, 0.15) is 50.7 Å². The van der Waals surface area contributed by atoms with E-state index in [0.717, 1.165) is 41.0 Å². The molecule has 0 unspecified atom stereocenters. The fourth-order valence-electron chi connectivity index (χ4n) is 5.38. The highest BCUT2D eigenvalue weighted by molar-refractivity contribution is 9.10. The molecule has 5 N–H and O–H groups in total. The predicted molar refractivity (Wildman–Crippen MR) is 207 cm³/mol. The zero-order valence-corrected chi connectivity index (χ0v) is 33.6. The fourth-order valence-corrected chi connectivity index (χ4v) is 6.08. The number of nitrogen functional groups attached to an aromatic ring is 1. The molecule has 0 radical (unpaired) electrons. The van der Waals surface area contributed by atoms with Crippen LogP contribution in [0, 0.1) is 0 Å². The standard InChI is InChI=1S/C18H22BrN5O2.C18H21BrN4O3/c1-5-24(17(25)26-18(2,3)4)9-13-22-14-11-7-6-10(19)8-12(11)21-16(20)15(14)23-13;1-5-22(17(24)26-18(2,3)4)10-15-20-13-9-23(25)14-8-11(19)6-7-12(14)16(13)21-15/h6-8H,5,9H2,1-4H3,(H2,20,21)(H,22,23);6-9,25H,5,10H2,1-4H3/p+1. The smallest absolute Gasteiger partial charge is 0.410 e. The van der Waals surface area contributed by atoms with Crippen LogP contribution in [0.15, 0.2) is 51.5 Å². The molecule has 0 saturated heterocycles. The number of H-pyrrole nitrogens is 2. The van der Waals surface area contributed by atoms with E-state index in [9.17, 15) is 14.8 Å². The van der Waals surface area contributed by atoms with Gasteiger partial charge in [-0.25, -0.2) is 24.5 Å². The quantitative estimate of drug-likeness (QED) is 0.0956. The molecular formula is C36H44Br2N9O5+. The van der Waals surface area contributed by atoms with Crippen molar-refractivity contribution in [1.82, 2.24) is 34.7 Å². The number of aromatic amines is 2. The Morgan fingerprint density at radius 3 is 1.88 bits per heavy atom. The SMILES string of the molecule is CCN(Cc1nc2c([nH]1)c(N)nc1cc(Br)ccc12)C(=O)OC(C)(C)C.CCN(Cc1nc2c(c[n+](O)c3cc(Br)ccc23)[nH]1)C(=O)OC(C)(C)C. The maximum atomic E-state index is 12.3. The average molecular weight is 843 g/mol. The topological polar surface area (TPSA) is 179 Å². The zero-order chi connectivity index (χ0) is 38.1. The minimum atomic E-state index is -0.551. The predicted octanol–water partition coefficient (Wildman–Crippen LogP) is 7.97. The molecule has 0 spiro atoms. The molecule has 6 aromatic rings. The summed E-state index contributed by atoms with van der Waals surface area (Å²) in [6, 6.07) is 11.4. The Hall–Kier alpha value is -4.70. The van der Waals surface area contributed by atoms with Crippen LogP contribution in [0.2, 0.25) is 0 Å². The van der Waals surface area contributed by atoms with Crippen molar-refractivity contribution in [3.8, 4) is 0 Å². The largest absolute Gasteiger partial charge is 0.444 e. The zero-order valence-electron chi connectivity index (χ0n) is 30.5. The number of imidazole rings is 2. The molecule has 0 bridgehead atoms. The van der Waals surface area contributed by atoms with Crippen LogP contribution in [0.1, 0.15) is 67.0 Å². The van der Waals surface area contributed by atoms with Crippen molar-refractivity contribution in [2.24, 2.45) is 0 Å². The number of halogens is 2. The van der Waals surface area contributed by atoms with Crippen LogP contribution in [0.3, 0.4) is 0 Å². The number of nitrogens with two attached hydrogens (primary N) is 1. The van der Waals surface area contributed by atoms with E-state index < -0.39 is 11.2 Å². The Kier molecular flexibility index (Phi) is 11.2. The van der Waals surface area contributed by atoms with Gasteiger partial charge in [0.25, 0.3) is 5.52 Å². The number of benzene rings is 2. The van der Waals surface area contributed by atoms with E-state index in [4.69, 9.17) is 15.2 Å². The van der Waals surface area contributed by atoms with Gasteiger partial charge in [-0.15, -0.1) is 0 Å². The number of hydrogen-bond donors (Lipinski definition) is 4. The van der Waals surface area contributed by atoms with Gasteiger partial charge in [-0.2, -0.15) is 0 Å². The summed E-state index contributed by atoms with van der Waals surface area (Å²) in [4.78, 5) is 47.9. The third kappa shape index (κ3) is 9.02. The molecule has 52 heavy (non-hydrogen) atoms. The lowest BCUT2D eigenvalue weighted by atomic mass is 10.2. The highest BCUT2D eigenvalue weighted by Crippen LogP contribution is 2.29. The number of nitrogens with one attached hydrogen (secondary N) is 2. The molecule has 0 atom stereocenters. The molecule has 276 valence electrons. The molecule has 0 aliphatic heterocycles. The number of rotatable bonds is 6. The molecule has 2 amide bonds. The lowest BCUT2D eigenvalue weighted by molar-refractivity contribution is -0.883. The number of anilines is 1. The first-order valence-corrected chi connectivity index (χ1v) is 18.3. The van der Waals surface area contributed by atoms with Crippen LogP contribution in [-0.2, 0) is 22.6 Å². The number of nitrogens with zero attached hydrogens (tertiary/aromatic N) is 6. The second-order valence-corrected chi connectivity index (χ2v) is 16.0. The molecule has 0 aliphatic rings. The number of pyridine rings is 2. The summed E-state index contributed by atoms with van der Waals surface area (Å²) >= 11 is 6.85. The van der Waals surface area contributed by atoms with Crippen molar-refractivity contribution >= 4 is 93.7 Å². The summed E-state index contributed by atoms with van der Waals surface area (Å²) in [6.07, 6.45) is 0.816. The monoisotopic (exact) mass is 840 g/mol. The van der Waals surface area contributed by atoms with Crippen molar-refractivity contribution in [2.75, 3.05) is 18.8 Å². The maximum absolute atomic E-state index is 12.3. The average Bonchev–Trinajstić information content (AvgIpc) is 3.65. The van der Waals surface area contributed by atoms with E-state index in [1.807, 2.05) is 91.8 Å². The normalized spacial score (nSPS) is 11.9. The summed E-state index contributed by atoms with van der Waals surface area (Å²) in [5.74, 6) is 1.64. The first-order chi connectivity index (χ1) is 24.3. The van der Waals surface area contributed by atoms with Crippen LogP contribution >= 0.6 is 31.9 Å². The van der Waals surface area contributed by atoms with Crippen molar-refractivity contribution in [3.05, 3.63) is 63.2 Å².